The van der Waals surface area contributed by atoms with E-state index >= 15 is 0 Å². The molecule has 2 nitrogen and oxygen atoms in total. The largest absolute Gasteiger partial charge is 0.228 e. The Balaban J connectivity index is 0.933. The predicted molar refractivity (Wildman–Crippen MR) is 252 cm³/mol. The van der Waals surface area contributed by atoms with Gasteiger partial charge in [-0.3, -0.25) is 0 Å². The summed E-state index contributed by atoms with van der Waals surface area (Å²) in [7, 11) is 0. The molecule has 278 valence electrons. The number of nitrogens with zero attached hydrogens (tertiary/aromatic N) is 2. The van der Waals surface area contributed by atoms with Crippen LogP contribution >= 0.6 is 0 Å². The Bertz CT molecular complexity index is 3430. The first kappa shape index (κ1) is 34.1. The van der Waals surface area contributed by atoms with E-state index in [-0.39, 0.29) is 0 Å². The zero-order chi connectivity index (χ0) is 39.6. The van der Waals surface area contributed by atoms with Crippen molar-refractivity contribution < 1.29 is 0 Å². The van der Waals surface area contributed by atoms with Crippen LogP contribution in [0.1, 0.15) is 0 Å². The van der Waals surface area contributed by atoms with Crippen LogP contribution in [0.2, 0.25) is 0 Å². The Hall–Kier alpha value is -7.94. The van der Waals surface area contributed by atoms with Gasteiger partial charge >= 0.3 is 0 Å². The second kappa shape index (κ2) is 13.9. The molecular formula is C58H36N2. The van der Waals surface area contributed by atoms with Crippen molar-refractivity contribution in [1.82, 2.24) is 9.97 Å². The second-order valence-corrected chi connectivity index (χ2v) is 15.7. The molecule has 1 aliphatic rings. The van der Waals surface area contributed by atoms with Crippen molar-refractivity contribution >= 4 is 32.3 Å². The molecule has 11 aromatic rings. The zero-order valence-corrected chi connectivity index (χ0v) is 32.7. The molecule has 10 aromatic carbocycles. The van der Waals surface area contributed by atoms with E-state index in [2.05, 4.69) is 200 Å². The minimum Gasteiger partial charge on any atom is -0.228 e. The summed E-state index contributed by atoms with van der Waals surface area (Å²) in [5.41, 5.74) is 17.4. The Morgan fingerprint density at radius 2 is 0.700 bits per heavy atom. The highest BCUT2D eigenvalue weighted by molar-refractivity contribution is 6.18. The lowest BCUT2D eigenvalue weighted by Crippen LogP contribution is -1.96. The van der Waals surface area contributed by atoms with E-state index < -0.39 is 0 Å². The highest BCUT2D eigenvalue weighted by atomic mass is 14.9. The summed E-state index contributed by atoms with van der Waals surface area (Å²) in [4.78, 5) is 10.2. The lowest BCUT2D eigenvalue weighted by molar-refractivity contribution is 1.18. The Labute approximate surface area is 348 Å². The van der Waals surface area contributed by atoms with Crippen molar-refractivity contribution in [3.8, 4) is 89.5 Å². The van der Waals surface area contributed by atoms with Crippen LogP contribution in [-0.2, 0) is 0 Å². The van der Waals surface area contributed by atoms with Crippen molar-refractivity contribution in [3.63, 3.8) is 0 Å². The van der Waals surface area contributed by atoms with E-state index in [1.54, 1.807) is 0 Å². The molecule has 1 aliphatic carbocycles. The number of rotatable bonds is 6. The van der Waals surface area contributed by atoms with Gasteiger partial charge in [0.05, 0.1) is 11.4 Å². The number of benzene rings is 10. The van der Waals surface area contributed by atoms with Crippen LogP contribution in [0, 0.1) is 0 Å². The maximum absolute atomic E-state index is 5.13. The summed E-state index contributed by atoms with van der Waals surface area (Å²) < 4.78 is 0. The molecule has 1 heterocycles. The average Bonchev–Trinajstić information content (AvgIpc) is 3.66. The maximum Gasteiger partial charge on any atom is 0.160 e. The molecule has 2 heteroatoms. The minimum absolute atomic E-state index is 0.711. The summed E-state index contributed by atoms with van der Waals surface area (Å²) >= 11 is 0. The van der Waals surface area contributed by atoms with Gasteiger partial charge in [-0.15, -0.1) is 0 Å². The van der Waals surface area contributed by atoms with Crippen molar-refractivity contribution in [2.75, 3.05) is 0 Å². The third kappa shape index (κ3) is 5.73. The van der Waals surface area contributed by atoms with Crippen LogP contribution in [-0.4, -0.2) is 9.97 Å². The molecule has 0 atom stereocenters. The predicted octanol–water partition coefficient (Wildman–Crippen LogP) is 15.6. The molecule has 0 saturated carbocycles. The SMILES string of the molecule is c1ccc(-c2nc(-c3ccc(-c4cc5ccccc5cc4-c4ccc(-c5ccc6c7c(cccc57)-c5ccccc5-6)cc4)cc3)cc(-c3ccc4ccccc4c3)n2)cc1. The molecule has 0 fully saturated rings. The molecule has 0 radical (unpaired) electrons. The van der Waals surface area contributed by atoms with Gasteiger partial charge in [-0.1, -0.05) is 194 Å². The molecule has 0 spiro atoms. The van der Waals surface area contributed by atoms with Crippen molar-refractivity contribution in [3.05, 3.63) is 218 Å². The topological polar surface area (TPSA) is 25.8 Å². The summed E-state index contributed by atoms with van der Waals surface area (Å²) in [6, 6.07) is 78.9. The van der Waals surface area contributed by atoms with E-state index in [4.69, 9.17) is 9.97 Å². The van der Waals surface area contributed by atoms with Crippen LogP contribution in [0.15, 0.2) is 218 Å². The highest BCUT2D eigenvalue weighted by Gasteiger charge is 2.22. The molecule has 0 unspecified atom stereocenters. The fourth-order valence-corrected chi connectivity index (χ4v) is 9.24. The molecule has 12 rings (SSSR count). The van der Waals surface area contributed by atoms with Crippen molar-refractivity contribution in [2.45, 2.75) is 0 Å². The number of hydrogen-bond acceptors (Lipinski definition) is 2. The molecule has 0 saturated heterocycles. The van der Waals surface area contributed by atoms with Gasteiger partial charge in [-0.05, 0) is 112 Å². The molecule has 0 aliphatic heterocycles. The summed E-state index contributed by atoms with van der Waals surface area (Å²) in [6.45, 7) is 0. The number of fused-ring (bicyclic) bond motifs is 5. The minimum atomic E-state index is 0.711. The van der Waals surface area contributed by atoms with Gasteiger partial charge in [0.25, 0.3) is 0 Å². The van der Waals surface area contributed by atoms with Crippen molar-refractivity contribution in [2.24, 2.45) is 0 Å². The van der Waals surface area contributed by atoms with Gasteiger partial charge in [-0.25, -0.2) is 9.97 Å². The van der Waals surface area contributed by atoms with Crippen LogP contribution in [0.25, 0.3) is 122 Å². The first-order valence-electron chi connectivity index (χ1n) is 20.6. The summed E-state index contributed by atoms with van der Waals surface area (Å²) in [5, 5.41) is 7.48. The average molecular weight is 761 g/mol. The van der Waals surface area contributed by atoms with Gasteiger partial charge in [0.15, 0.2) is 5.82 Å². The van der Waals surface area contributed by atoms with E-state index in [9.17, 15) is 0 Å². The number of aromatic nitrogens is 2. The Morgan fingerprint density at radius 1 is 0.233 bits per heavy atom. The van der Waals surface area contributed by atoms with Crippen LogP contribution in [0.3, 0.4) is 0 Å². The third-order valence-corrected chi connectivity index (χ3v) is 12.2. The van der Waals surface area contributed by atoms with Crippen LogP contribution in [0.5, 0.6) is 0 Å². The van der Waals surface area contributed by atoms with Crippen molar-refractivity contribution in [1.29, 1.82) is 0 Å². The van der Waals surface area contributed by atoms with Crippen LogP contribution < -0.4 is 0 Å². The van der Waals surface area contributed by atoms with E-state index in [1.165, 1.54) is 82.4 Å². The fourth-order valence-electron chi connectivity index (χ4n) is 9.24. The Kier molecular flexibility index (Phi) is 7.89. The summed E-state index contributed by atoms with van der Waals surface area (Å²) in [6.07, 6.45) is 0. The monoisotopic (exact) mass is 760 g/mol. The first-order valence-corrected chi connectivity index (χ1v) is 20.6. The van der Waals surface area contributed by atoms with Crippen LogP contribution in [0.4, 0.5) is 0 Å². The zero-order valence-electron chi connectivity index (χ0n) is 32.7. The first-order chi connectivity index (χ1) is 29.7. The lowest BCUT2D eigenvalue weighted by Gasteiger charge is -2.15. The fraction of sp³-hybridized carbons (Fsp3) is 0. The number of hydrogen-bond donors (Lipinski definition) is 0. The standard InChI is InChI=1S/C58H36N2/c1-2-12-42(13-3-1)58-59-55(36-56(60-58)46-30-21-37-11-4-5-14-43(37)33-46)41-28-26-40(27-29-41)54-35-45-16-7-6-15-44(45)34-53(54)39-24-22-38(23-25-39)47-31-32-52-49-18-9-8-17-48(49)51-20-10-19-50(47)57(51)52/h1-36H. The molecular weight excluding hydrogens is 725 g/mol. The molecule has 1 aromatic heterocycles. The maximum atomic E-state index is 5.13. The van der Waals surface area contributed by atoms with Gasteiger partial charge in [-0.2, -0.15) is 0 Å². The Morgan fingerprint density at radius 3 is 1.35 bits per heavy atom. The molecule has 0 amide bonds. The molecule has 0 N–H and O–H groups in total. The van der Waals surface area contributed by atoms with E-state index in [0.717, 1.165) is 33.6 Å². The quantitative estimate of drug-likeness (QED) is 0.169. The van der Waals surface area contributed by atoms with Gasteiger partial charge < -0.3 is 0 Å². The second-order valence-electron chi connectivity index (χ2n) is 15.7. The smallest absolute Gasteiger partial charge is 0.160 e. The summed E-state index contributed by atoms with van der Waals surface area (Å²) in [5.74, 6) is 0.711. The van der Waals surface area contributed by atoms with Gasteiger partial charge in [0.1, 0.15) is 0 Å². The van der Waals surface area contributed by atoms with E-state index in [1.807, 2.05) is 18.2 Å². The van der Waals surface area contributed by atoms with Gasteiger partial charge in [0.2, 0.25) is 0 Å². The third-order valence-electron chi connectivity index (χ3n) is 12.2. The molecule has 0 bridgehead atoms. The normalized spacial score (nSPS) is 11.7. The van der Waals surface area contributed by atoms with Gasteiger partial charge in [0, 0.05) is 16.7 Å². The lowest BCUT2D eigenvalue weighted by atomic mass is 9.89. The molecule has 60 heavy (non-hydrogen) atoms. The highest BCUT2D eigenvalue weighted by Crippen LogP contribution is 2.49. The van der Waals surface area contributed by atoms with E-state index in [0.29, 0.717) is 5.82 Å².